The second-order valence-electron chi connectivity index (χ2n) is 10.1. The quantitative estimate of drug-likeness (QED) is 0.222. The van der Waals surface area contributed by atoms with Gasteiger partial charge in [0.05, 0.1) is 35.6 Å². The third-order valence-electron chi connectivity index (χ3n) is 7.19. The Kier molecular flexibility index (Phi) is 9.57. The molecule has 1 amide bonds. The molecule has 1 N–H and O–H groups in total. The standard InChI is InChI=1S/C28H32Cl2F3NO3/c1-4-5-14-37-24(35)16-21(27(3)12-13-27)19-8-11-22(30)23(15-19)34-26(36)25(17(2)28(31,32)33)18-6-9-20(29)10-7-18/h6-11,15,17,21,25H,4-5,12-14,16H2,1-3H3,(H,34,36). The predicted molar refractivity (Wildman–Crippen MR) is 140 cm³/mol. The minimum absolute atomic E-state index is 0.102. The number of carbonyl (C=O) groups is 2. The predicted octanol–water partition coefficient (Wildman–Crippen LogP) is 8.53. The molecule has 1 saturated carbocycles. The molecule has 4 nitrogen and oxygen atoms in total. The first-order valence-corrected chi connectivity index (χ1v) is 13.2. The van der Waals surface area contributed by atoms with Gasteiger partial charge in [0.15, 0.2) is 0 Å². The van der Waals surface area contributed by atoms with Crippen molar-refractivity contribution in [1.82, 2.24) is 0 Å². The van der Waals surface area contributed by atoms with Crippen LogP contribution >= 0.6 is 23.2 Å². The first kappa shape index (κ1) is 29.3. The highest BCUT2D eigenvalue weighted by molar-refractivity contribution is 6.33. The van der Waals surface area contributed by atoms with Crippen LogP contribution in [0.3, 0.4) is 0 Å². The van der Waals surface area contributed by atoms with Crippen molar-refractivity contribution in [2.24, 2.45) is 11.3 Å². The van der Waals surface area contributed by atoms with E-state index >= 15 is 0 Å². The van der Waals surface area contributed by atoms with E-state index in [0.29, 0.717) is 11.6 Å². The molecule has 3 atom stereocenters. The van der Waals surface area contributed by atoms with Crippen molar-refractivity contribution in [1.29, 1.82) is 0 Å². The molecule has 0 aromatic heterocycles. The van der Waals surface area contributed by atoms with Gasteiger partial charge in [0.1, 0.15) is 0 Å². The summed E-state index contributed by atoms with van der Waals surface area (Å²) >= 11 is 12.3. The molecular formula is C28H32Cl2F3NO3. The van der Waals surface area contributed by atoms with Gasteiger partial charge in [0, 0.05) is 5.02 Å². The summed E-state index contributed by atoms with van der Waals surface area (Å²) in [7, 11) is 0. The molecule has 0 saturated heterocycles. The molecule has 9 heteroatoms. The van der Waals surface area contributed by atoms with Crippen molar-refractivity contribution in [3.05, 3.63) is 63.6 Å². The van der Waals surface area contributed by atoms with Gasteiger partial charge in [-0.05, 0) is 66.0 Å². The van der Waals surface area contributed by atoms with E-state index in [-0.39, 0.29) is 40.0 Å². The number of hydrogen-bond acceptors (Lipinski definition) is 3. The number of nitrogens with one attached hydrogen (secondary N) is 1. The second-order valence-corrected chi connectivity index (χ2v) is 10.9. The molecule has 0 bridgehead atoms. The molecule has 3 rings (SSSR count). The molecule has 0 aliphatic heterocycles. The maximum absolute atomic E-state index is 13.7. The van der Waals surface area contributed by atoms with Crippen molar-refractivity contribution in [2.75, 3.05) is 11.9 Å². The fourth-order valence-corrected chi connectivity index (χ4v) is 4.75. The van der Waals surface area contributed by atoms with Crippen LogP contribution in [0.4, 0.5) is 18.9 Å². The van der Waals surface area contributed by atoms with Crippen molar-refractivity contribution in [3.8, 4) is 0 Å². The van der Waals surface area contributed by atoms with Crippen LogP contribution in [-0.4, -0.2) is 24.7 Å². The molecular weight excluding hydrogens is 526 g/mol. The van der Waals surface area contributed by atoms with Crippen LogP contribution in [0.1, 0.15) is 75.8 Å². The molecule has 37 heavy (non-hydrogen) atoms. The van der Waals surface area contributed by atoms with Crippen LogP contribution in [0.15, 0.2) is 42.5 Å². The fraction of sp³-hybridized carbons (Fsp3) is 0.500. The Morgan fingerprint density at radius 1 is 1.08 bits per heavy atom. The summed E-state index contributed by atoms with van der Waals surface area (Å²) in [5.74, 6) is -4.77. The van der Waals surface area contributed by atoms with Crippen molar-refractivity contribution >= 4 is 40.8 Å². The maximum atomic E-state index is 13.7. The number of hydrogen-bond donors (Lipinski definition) is 1. The number of esters is 1. The molecule has 0 heterocycles. The van der Waals surface area contributed by atoms with Gasteiger partial charge >= 0.3 is 12.1 Å². The van der Waals surface area contributed by atoms with Gasteiger partial charge in [0.2, 0.25) is 5.91 Å². The van der Waals surface area contributed by atoms with Crippen LogP contribution in [0.2, 0.25) is 10.0 Å². The molecule has 0 radical (unpaired) electrons. The number of halogens is 5. The Morgan fingerprint density at radius 2 is 1.70 bits per heavy atom. The average molecular weight is 558 g/mol. The van der Waals surface area contributed by atoms with Crippen molar-refractivity contribution in [2.45, 2.75) is 70.9 Å². The molecule has 2 aromatic carbocycles. The summed E-state index contributed by atoms with van der Waals surface area (Å²) < 4.78 is 46.5. The molecule has 0 spiro atoms. The fourth-order valence-electron chi connectivity index (χ4n) is 4.46. The number of unbranched alkanes of at least 4 members (excludes halogenated alkanes) is 1. The molecule has 1 aliphatic carbocycles. The van der Waals surface area contributed by atoms with Gasteiger partial charge in [-0.15, -0.1) is 0 Å². The van der Waals surface area contributed by atoms with Gasteiger partial charge in [-0.1, -0.05) is 68.6 Å². The zero-order valence-electron chi connectivity index (χ0n) is 21.1. The van der Waals surface area contributed by atoms with Gasteiger partial charge < -0.3 is 10.1 Å². The minimum atomic E-state index is -4.60. The van der Waals surface area contributed by atoms with Gasteiger partial charge in [-0.25, -0.2) is 0 Å². The zero-order valence-corrected chi connectivity index (χ0v) is 22.6. The largest absolute Gasteiger partial charge is 0.466 e. The molecule has 1 fully saturated rings. The van der Waals surface area contributed by atoms with Crippen LogP contribution in [0.5, 0.6) is 0 Å². The van der Waals surface area contributed by atoms with Crippen LogP contribution < -0.4 is 5.32 Å². The Bertz CT molecular complexity index is 1100. The topological polar surface area (TPSA) is 55.4 Å². The average Bonchev–Trinajstić information content (AvgIpc) is 3.58. The lowest BCUT2D eigenvalue weighted by Crippen LogP contribution is -2.34. The number of rotatable bonds is 11. The third kappa shape index (κ3) is 7.64. The minimum Gasteiger partial charge on any atom is -0.466 e. The summed E-state index contributed by atoms with van der Waals surface area (Å²) in [6, 6.07) is 10.8. The van der Waals surface area contributed by atoms with Crippen molar-refractivity contribution < 1.29 is 27.5 Å². The van der Waals surface area contributed by atoms with Gasteiger partial charge in [-0.3, -0.25) is 9.59 Å². The lowest BCUT2D eigenvalue weighted by Gasteiger charge is -2.27. The van der Waals surface area contributed by atoms with E-state index in [4.69, 9.17) is 27.9 Å². The Labute approximate surface area is 225 Å². The Balaban J connectivity index is 1.88. The van der Waals surface area contributed by atoms with E-state index in [1.54, 1.807) is 18.2 Å². The highest BCUT2D eigenvalue weighted by Crippen LogP contribution is 2.57. The highest BCUT2D eigenvalue weighted by Gasteiger charge is 2.47. The Hall–Kier alpha value is -2.25. The van der Waals surface area contributed by atoms with Crippen LogP contribution in [0, 0.1) is 11.3 Å². The summed E-state index contributed by atoms with van der Waals surface area (Å²) in [5.41, 5.74) is 1.07. The molecule has 202 valence electrons. The summed E-state index contributed by atoms with van der Waals surface area (Å²) in [6.07, 6.45) is -0.850. The zero-order chi connectivity index (χ0) is 27.4. The number of anilines is 1. The molecule has 1 aliphatic rings. The lowest BCUT2D eigenvalue weighted by molar-refractivity contribution is -0.178. The number of benzene rings is 2. The SMILES string of the molecule is CCCCOC(=O)CC(c1ccc(Cl)c(NC(=O)C(c2ccc(Cl)cc2)C(C)C(F)(F)F)c1)C1(C)CC1. The normalized spacial score (nSPS) is 17.0. The number of carbonyl (C=O) groups excluding carboxylic acids is 2. The number of amides is 1. The molecule has 2 aromatic rings. The van der Waals surface area contributed by atoms with Crippen molar-refractivity contribution in [3.63, 3.8) is 0 Å². The van der Waals surface area contributed by atoms with Gasteiger partial charge in [-0.2, -0.15) is 13.2 Å². The second kappa shape index (κ2) is 12.1. The first-order chi connectivity index (χ1) is 17.4. The van der Waals surface area contributed by atoms with E-state index < -0.39 is 23.9 Å². The highest BCUT2D eigenvalue weighted by atomic mass is 35.5. The van der Waals surface area contributed by atoms with Crippen LogP contribution in [-0.2, 0) is 14.3 Å². The van der Waals surface area contributed by atoms with E-state index in [1.165, 1.54) is 24.3 Å². The maximum Gasteiger partial charge on any atom is 0.392 e. The first-order valence-electron chi connectivity index (χ1n) is 12.4. The van der Waals surface area contributed by atoms with E-state index in [0.717, 1.165) is 38.2 Å². The third-order valence-corrected chi connectivity index (χ3v) is 7.77. The van der Waals surface area contributed by atoms with E-state index in [9.17, 15) is 22.8 Å². The number of alkyl halides is 3. The van der Waals surface area contributed by atoms with Gasteiger partial charge in [0.25, 0.3) is 0 Å². The molecule has 3 unspecified atom stereocenters. The monoisotopic (exact) mass is 557 g/mol. The van der Waals surface area contributed by atoms with Crippen LogP contribution in [0.25, 0.3) is 0 Å². The summed E-state index contributed by atoms with van der Waals surface area (Å²) in [6.45, 7) is 5.44. The number of ether oxygens (including phenoxy) is 1. The summed E-state index contributed by atoms with van der Waals surface area (Å²) in [5, 5.41) is 3.16. The Morgan fingerprint density at radius 3 is 2.27 bits per heavy atom. The lowest BCUT2D eigenvalue weighted by atomic mass is 9.82. The summed E-state index contributed by atoms with van der Waals surface area (Å²) in [4.78, 5) is 25.8. The van der Waals surface area contributed by atoms with E-state index in [2.05, 4.69) is 12.2 Å². The van der Waals surface area contributed by atoms with E-state index in [1.807, 2.05) is 6.92 Å². The smallest absolute Gasteiger partial charge is 0.392 e.